The van der Waals surface area contributed by atoms with Crippen molar-refractivity contribution in [1.29, 1.82) is 0 Å². The lowest BCUT2D eigenvalue weighted by Crippen LogP contribution is -2.58. The fraction of sp³-hybridized carbons (Fsp3) is 0.462. The quantitative estimate of drug-likeness (QED) is 0.538. The number of hydrogen-bond acceptors (Lipinski definition) is 6. The Morgan fingerprint density at radius 2 is 1.83 bits per heavy atom. The summed E-state index contributed by atoms with van der Waals surface area (Å²) in [5, 5.41) is 0.527. The predicted octanol–water partition coefficient (Wildman–Crippen LogP) is 4.05. The van der Waals surface area contributed by atoms with Crippen molar-refractivity contribution in [3.05, 3.63) is 64.2 Å². The van der Waals surface area contributed by atoms with Crippen LogP contribution in [-0.4, -0.2) is 57.3 Å². The zero-order valence-electron chi connectivity index (χ0n) is 20.6. The highest BCUT2D eigenvalue weighted by atomic mass is 35.5. The molecular formula is C26H31ClN2O6S. The fourth-order valence-corrected chi connectivity index (χ4v) is 6.38. The highest BCUT2D eigenvalue weighted by molar-refractivity contribution is 7.88. The van der Waals surface area contributed by atoms with Crippen LogP contribution in [0.15, 0.2) is 42.5 Å². The summed E-state index contributed by atoms with van der Waals surface area (Å²) < 4.78 is 38.0. The van der Waals surface area contributed by atoms with Gasteiger partial charge in [0.15, 0.2) is 0 Å². The first-order chi connectivity index (χ1) is 17.1. The summed E-state index contributed by atoms with van der Waals surface area (Å²) in [6.45, 7) is 1.92. The van der Waals surface area contributed by atoms with Crippen molar-refractivity contribution < 1.29 is 27.5 Å². The van der Waals surface area contributed by atoms with Gasteiger partial charge in [-0.3, -0.25) is 9.59 Å². The van der Waals surface area contributed by atoms with Crippen LogP contribution in [0.4, 0.5) is 0 Å². The Bertz CT molecular complexity index is 1230. The third-order valence-corrected chi connectivity index (χ3v) is 7.86. The molecule has 2 aromatic carbocycles. The first kappa shape index (κ1) is 26.4. The molecular weight excluding hydrogens is 504 g/mol. The molecule has 1 aliphatic heterocycles. The van der Waals surface area contributed by atoms with Crippen LogP contribution in [0.5, 0.6) is 5.75 Å². The standard InChI is InChI=1S/C26H31ClN2O6S/c1-4-35-26(31)23-19-14-13-18(34-2)15-20(19)25(30)29(24(23)16-9-11-17(27)12-10-16)22-8-6-5-7-21(22)28-36(3,32)33/h9-15,21-24,28H,4-8H2,1-3H3/t21-,22-,23+,24-/m0/s1. The number of hydrogen-bond donors (Lipinski definition) is 1. The van der Waals surface area contributed by atoms with Crippen LogP contribution in [0.25, 0.3) is 0 Å². The molecule has 1 fully saturated rings. The van der Waals surface area contributed by atoms with E-state index < -0.39 is 40.0 Å². The first-order valence-corrected chi connectivity index (χ1v) is 14.3. The third kappa shape index (κ3) is 5.38. The molecule has 2 aromatic rings. The van der Waals surface area contributed by atoms with Gasteiger partial charge in [-0.1, -0.05) is 42.6 Å². The van der Waals surface area contributed by atoms with Gasteiger partial charge in [-0.15, -0.1) is 0 Å². The van der Waals surface area contributed by atoms with E-state index in [1.807, 2.05) is 0 Å². The second-order valence-electron chi connectivity index (χ2n) is 9.24. The van der Waals surface area contributed by atoms with Crippen LogP contribution in [-0.2, 0) is 19.6 Å². The van der Waals surface area contributed by atoms with E-state index in [1.54, 1.807) is 54.3 Å². The largest absolute Gasteiger partial charge is 0.497 e. The number of nitrogens with one attached hydrogen (secondary N) is 1. The summed E-state index contributed by atoms with van der Waals surface area (Å²) in [5.41, 5.74) is 1.62. The summed E-state index contributed by atoms with van der Waals surface area (Å²) in [7, 11) is -2.01. The number of ether oxygens (including phenoxy) is 2. The topological polar surface area (TPSA) is 102 Å². The van der Waals surface area contributed by atoms with E-state index >= 15 is 0 Å². The van der Waals surface area contributed by atoms with Gasteiger partial charge < -0.3 is 14.4 Å². The van der Waals surface area contributed by atoms with E-state index in [4.69, 9.17) is 21.1 Å². The van der Waals surface area contributed by atoms with Crippen molar-refractivity contribution in [2.45, 2.75) is 56.7 Å². The van der Waals surface area contributed by atoms with Gasteiger partial charge in [-0.2, -0.15) is 0 Å². The molecule has 0 unspecified atom stereocenters. The summed E-state index contributed by atoms with van der Waals surface area (Å²) in [6.07, 6.45) is 3.97. The number of benzene rings is 2. The predicted molar refractivity (Wildman–Crippen MR) is 137 cm³/mol. The number of esters is 1. The summed E-state index contributed by atoms with van der Waals surface area (Å²) in [6, 6.07) is 10.5. The average Bonchev–Trinajstić information content (AvgIpc) is 2.84. The zero-order chi connectivity index (χ0) is 26.0. The Morgan fingerprint density at radius 3 is 2.47 bits per heavy atom. The Kier molecular flexibility index (Phi) is 7.92. The van der Waals surface area contributed by atoms with Crippen molar-refractivity contribution >= 4 is 33.5 Å². The van der Waals surface area contributed by atoms with Crippen LogP contribution in [0.3, 0.4) is 0 Å². The maximum Gasteiger partial charge on any atom is 0.315 e. The minimum Gasteiger partial charge on any atom is -0.497 e. The van der Waals surface area contributed by atoms with Crippen molar-refractivity contribution in [2.75, 3.05) is 20.0 Å². The molecule has 8 nitrogen and oxygen atoms in total. The third-order valence-electron chi connectivity index (χ3n) is 6.88. The molecule has 10 heteroatoms. The highest BCUT2D eigenvalue weighted by Gasteiger charge is 2.49. The van der Waals surface area contributed by atoms with Crippen molar-refractivity contribution in [3.63, 3.8) is 0 Å². The van der Waals surface area contributed by atoms with E-state index in [0.717, 1.165) is 24.7 Å². The van der Waals surface area contributed by atoms with E-state index in [1.165, 1.54) is 7.11 Å². The Hall–Kier alpha value is -2.62. The normalized spacial score (nSPS) is 24.2. The minimum atomic E-state index is -3.53. The van der Waals surface area contributed by atoms with E-state index in [9.17, 15) is 18.0 Å². The second kappa shape index (κ2) is 10.8. The molecule has 0 radical (unpaired) electrons. The molecule has 0 saturated heterocycles. The lowest BCUT2D eigenvalue weighted by molar-refractivity contribution is -0.147. The van der Waals surface area contributed by atoms with Crippen LogP contribution < -0.4 is 9.46 Å². The van der Waals surface area contributed by atoms with E-state index in [2.05, 4.69) is 4.72 Å². The van der Waals surface area contributed by atoms with E-state index in [-0.39, 0.29) is 12.5 Å². The number of rotatable bonds is 7. The van der Waals surface area contributed by atoms with Gasteiger partial charge in [0.25, 0.3) is 5.91 Å². The van der Waals surface area contributed by atoms with Crippen molar-refractivity contribution in [3.8, 4) is 5.75 Å². The summed E-state index contributed by atoms with van der Waals surface area (Å²) >= 11 is 6.16. The van der Waals surface area contributed by atoms with Crippen LogP contribution in [0, 0.1) is 0 Å². The molecule has 4 atom stereocenters. The fourth-order valence-electron chi connectivity index (χ4n) is 5.43. The lowest BCUT2D eigenvalue weighted by Gasteiger charge is -2.48. The van der Waals surface area contributed by atoms with Gasteiger partial charge >= 0.3 is 5.97 Å². The van der Waals surface area contributed by atoms with Gasteiger partial charge in [0.2, 0.25) is 10.0 Å². The maximum absolute atomic E-state index is 14.2. The molecule has 4 rings (SSSR count). The SMILES string of the molecule is CCOC(=O)[C@@H]1c2ccc(OC)cc2C(=O)N([C@H]2CCCC[C@@H]2NS(C)(=O)=O)[C@H]1c1ccc(Cl)cc1. The number of methoxy groups -OCH3 is 1. The number of fused-ring (bicyclic) bond motifs is 1. The first-order valence-electron chi connectivity index (χ1n) is 12.0. The smallest absolute Gasteiger partial charge is 0.315 e. The van der Waals surface area contributed by atoms with Crippen LogP contribution in [0.1, 0.15) is 66.1 Å². The van der Waals surface area contributed by atoms with Gasteiger partial charge in [0.05, 0.1) is 26.0 Å². The molecule has 1 heterocycles. The van der Waals surface area contributed by atoms with E-state index in [0.29, 0.717) is 34.7 Å². The van der Waals surface area contributed by atoms with Gasteiger partial charge in [0, 0.05) is 22.7 Å². The lowest BCUT2D eigenvalue weighted by atomic mass is 9.77. The monoisotopic (exact) mass is 534 g/mol. The van der Waals surface area contributed by atoms with Crippen LogP contribution in [0.2, 0.25) is 5.02 Å². The summed E-state index contributed by atoms with van der Waals surface area (Å²) in [5.74, 6) is -1.06. The Morgan fingerprint density at radius 1 is 1.14 bits per heavy atom. The maximum atomic E-state index is 14.2. The van der Waals surface area contributed by atoms with Crippen LogP contribution >= 0.6 is 11.6 Å². The Labute approximate surface area is 217 Å². The average molecular weight is 535 g/mol. The summed E-state index contributed by atoms with van der Waals surface area (Å²) in [4.78, 5) is 29.4. The van der Waals surface area contributed by atoms with Crippen molar-refractivity contribution in [2.24, 2.45) is 0 Å². The molecule has 0 bridgehead atoms. The highest BCUT2D eigenvalue weighted by Crippen LogP contribution is 2.47. The number of nitrogens with zero attached hydrogens (tertiary/aromatic N) is 1. The Balaban J connectivity index is 1.93. The van der Waals surface area contributed by atoms with Gasteiger partial charge in [-0.25, -0.2) is 13.1 Å². The molecule has 0 aromatic heterocycles. The second-order valence-corrected chi connectivity index (χ2v) is 11.5. The molecule has 0 spiro atoms. The molecule has 1 amide bonds. The zero-order valence-corrected chi connectivity index (χ0v) is 22.1. The number of halogens is 1. The molecule has 36 heavy (non-hydrogen) atoms. The van der Waals surface area contributed by atoms with Gasteiger partial charge in [-0.05, 0) is 55.2 Å². The number of amides is 1. The molecule has 2 aliphatic rings. The van der Waals surface area contributed by atoms with Crippen molar-refractivity contribution in [1.82, 2.24) is 9.62 Å². The molecule has 1 aliphatic carbocycles. The molecule has 1 N–H and O–H groups in total. The number of sulfonamides is 1. The number of carbonyl (C=O) groups is 2. The number of carbonyl (C=O) groups excluding carboxylic acids is 2. The molecule has 194 valence electrons. The molecule has 1 saturated carbocycles. The minimum absolute atomic E-state index is 0.184. The van der Waals surface area contributed by atoms with Gasteiger partial charge in [0.1, 0.15) is 11.7 Å².